The Hall–Kier alpha value is -1.59. The molecule has 1 heterocycles. The Morgan fingerprint density at radius 3 is 2.79 bits per heavy atom. The van der Waals surface area contributed by atoms with Crippen molar-refractivity contribution < 1.29 is 9.32 Å². The Kier molecular flexibility index (Phi) is 3.44. The van der Waals surface area contributed by atoms with Crippen molar-refractivity contribution in [3.05, 3.63) is 5.82 Å². The van der Waals surface area contributed by atoms with Gasteiger partial charge in [0.15, 0.2) is 5.82 Å². The molecule has 0 radical (unpaired) electrons. The molecule has 0 aliphatic rings. The molecule has 0 aliphatic heterocycles. The first kappa shape index (κ1) is 10.5. The third-order valence-corrected chi connectivity index (χ3v) is 1.64. The molecule has 1 amide bonds. The Labute approximate surface area is 82.3 Å². The van der Waals surface area contributed by atoms with Crippen molar-refractivity contribution in [2.24, 2.45) is 0 Å². The van der Waals surface area contributed by atoms with Crippen molar-refractivity contribution in [1.82, 2.24) is 15.0 Å². The van der Waals surface area contributed by atoms with Gasteiger partial charge in [-0.2, -0.15) is 4.98 Å². The van der Waals surface area contributed by atoms with Gasteiger partial charge in [0, 0.05) is 27.1 Å². The molecule has 0 bridgehead atoms. The summed E-state index contributed by atoms with van der Waals surface area (Å²) in [6, 6.07) is 0.356. The lowest BCUT2D eigenvalue weighted by Crippen LogP contribution is -2.23. The molecule has 0 fully saturated rings. The van der Waals surface area contributed by atoms with E-state index in [1.165, 1.54) is 0 Å². The first-order valence-electron chi connectivity index (χ1n) is 4.34. The number of nitrogens with one attached hydrogen (secondary N) is 1. The molecule has 1 aromatic rings. The summed E-state index contributed by atoms with van der Waals surface area (Å²) in [7, 11) is 3.44. The van der Waals surface area contributed by atoms with Gasteiger partial charge in [0.2, 0.25) is 5.91 Å². The first-order valence-corrected chi connectivity index (χ1v) is 4.34. The zero-order valence-corrected chi connectivity index (χ0v) is 8.57. The normalized spacial score (nSPS) is 9.93. The third kappa shape index (κ3) is 3.04. The van der Waals surface area contributed by atoms with Gasteiger partial charge in [-0.1, -0.05) is 5.16 Å². The summed E-state index contributed by atoms with van der Waals surface area (Å²) in [5.41, 5.74) is 0. The summed E-state index contributed by atoms with van der Waals surface area (Å²) in [5.74, 6) is 0.639. The summed E-state index contributed by atoms with van der Waals surface area (Å²) in [4.78, 5) is 16.6. The van der Waals surface area contributed by atoms with E-state index < -0.39 is 0 Å². The molecule has 1 N–H and O–H groups in total. The van der Waals surface area contributed by atoms with Crippen LogP contribution in [0, 0.1) is 6.92 Å². The number of aryl methyl sites for hydroxylation is 1. The second kappa shape index (κ2) is 4.59. The molecule has 6 heteroatoms. The Balaban J connectivity index is 2.25. The average molecular weight is 198 g/mol. The standard InChI is InChI=1S/C8H14N4O2/c1-6-10-8(14-11-6)9-5-4-7(13)12(2)3/h4-5H2,1-3H3,(H,9,10,11). The number of amides is 1. The highest BCUT2D eigenvalue weighted by molar-refractivity contribution is 5.75. The number of aromatic nitrogens is 2. The quantitative estimate of drug-likeness (QED) is 0.751. The Morgan fingerprint density at radius 1 is 1.57 bits per heavy atom. The molecule has 0 unspecified atom stereocenters. The molecule has 0 atom stereocenters. The smallest absolute Gasteiger partial charge is 0.321 e. The van der Waals surface area contributed by atoms with Gasteiger partial charge in [-0.05, 0) is 6.92 Å². The van der Waals surface area contributed by atoms with Gasteiger partial charge in [-0.25, -0.2) is 0 Å². The molecule has 14 heavy (non-hydrogen) atoms. The van der Waals surface area contributed by atoms with Crippen LogP contribution in [0.1, 0.15) is 12.2 Å². The summed E-state index contributed by atoms with van der Waals surface area (Å²) >= 11 is 0. The SMILES string of the molecule is Cc1noc(NCCC(=O)N(C)C)n1. The highest BCUT2D eigenvalue weighted by Crippen LogP contribution is 2.01. The largest absolute Gasteiger partial charge is 0.349 e. The van der Waals surface area contributed by atoms with Crippen LogP contribution in [0.2, 0.25) is 0 Å². The van der Waals surface area contributed by atoms with Gasteiger partial charge in [0.05, 0.1) is 0 Å². The number of carbonyl (C=O) groups is 1. The molecule has 0 saturated heterocycles. The highest BCUT2D eigenvalue weighted by Gasteiger charge is 2.05. The van der Waals surface area contributed by atoms with Crippen LogP contribution in [0.4, 0.5) is 6.01 Å². The van der Waals surface area contributed by atoms with Crippen LogP contribution in [-0.2, 0) is 4.79 Å². The second-order valence-electron chi connectivity index (χ2n) is 3.11. The minimum absolute atomic E-state index is 0.0636. The maximum absolute atomic E-state index is 11.2. The van der Waals surface area contributed by atoms with E-state index in [1.807, 2.05) is 0 Å². The van der Waals surface area contributed by atoms with Crippen molar-refractivity contribution in [1.29, 1.82) is 0 Å². The average Bonchev–Trinajstić information content (AvgIpc) is 2.51. The molecule has 0 saturated carbocycles. The minimum atomic E-state index is 0.0636. The predicted molar refractivity (Wildman–Crippen MR) is 50.8 cm³/mol. The van der Waals surface area contributed by atoms with Gasteiger partial charge in [-0.3, -0.25) is 4.79 Å². The molecule has 0 aromatic carbocycles. The van der Waals surface area contributed by atoms with Crippen LogP contribution < -0.4 is 5.32 Å². The zero-order chi connectivity index (χ0) is 10.6. The lowest BCUT2D eigenvalue weighted by atomic mass is 10.4. The van der Waals surface area contributed by atoms with E-state index in [-0.39, 0.29) is 5.91 Å². The molecule has 78 valence electrons. The van der Waals surface area contributed by atoms with Crippen LogP contribution in [0.15, 0.2) is 4.52 Å². The van der Waals surface area contributed by atoms with E-state index in [0.29, 0.717) is 24.8 Å². The summed E-state index contributed by atoms with van der Waals surface area (Å²) in [5, 5.41) is 6.47. The maximum atomic E-state index is 11.2. The van der Waals surface area contributed by atoms with Crippen molar-refractivity contribution in [2.75, 3.05) is 26.0 Å². The fourth-order valence-corrected chi connectivity index (χ4v) is 0.869. The number of hydrogen-bond acceptors (Lipinski definition) is 5. The number of carbonyl (C=O) groups excluding carboxylic acids is 1. The predicted octanol–water partition coefficient (Wildman–Crippen LogP) is 0.268. The molecular formula is C8H14N4O2. The van der Waals surface area contributed by atoms with Crippen LogP contribution >= 0.6 is 0 Å². The molecule has 1 rings (SSSR count). The second-order valence-corrected chi connectivity index (χ2v) is 3.11. The van der Waals surface area contributed by atoms with E-state index in [1.54, 1.807) is 25.9 Å². The maximum Gasteiger partial charge on any atom is 0.321 e. The van der Waals surface area contributed by atoms with Crippen molar-refractivity contribution >= 4 is 11.9 Å². The molecule has 0 aliphatic carbocycles. The summed E-state index contributed by atoms with van der Waals surface area (Å²) in [6.45, 7) is 2.23. The first-order chi connectivity index (χ1) is 6.59. The topological polar surface area (TPSA) is 71.3 Å². The number of hydrogen-bond donors (Lipinski definition) is 1. The van der Waals surface area contributed by atoms with Gasteiger partial charge in [0.25, 0.3) is 0 Å². The third-order valence-electron chi connectivity index (χ3n) is 1.64. The Morgan fingerprint density at radius 2 is 2.29 bits per heavy atom. The minimum Gasteiger partial charge on any atom is -0.349 e. The van der Waals surface area contributed by atoms with Gasteiger partial charge in [0.1, 0.15) is 0 Å². The van der Waals surface area contributed by atoms with E-state index in [9.17, 15) is 4.79 Å². The number of rotatable bonds is 4. The monoisotopic (exact) mass is 198 g/mol. The highest BCUT2D eigenvalue weighted by atomic mass is 16.5. The lowest BCUT2D eigenvalue weighted by molar-refractivity contribution is -0.128. The number of nitrogens with zero attached hydrogens (tertiary/aromatic N) is 3. The summed E-state index contributed by atoms with van der Waals surface area (Å²) < 4.78 is 4.81. The van der Waals surface area contributed by atoms with Crippen LogP contribution in [-0.4, -0.2) is 41.6 Å². The van der Waals surface area contributed by atoms with Crippen LogP contribution in [0.3, 0.4) is 0 Å². The summed E-state index contributed by atoms with van der Waals surface area (Å²) in [6.07, 6.45) is 0.411. The fraction of sp³-hybridized carbons (Fsp3) is 0.625. The van der Waals surface area contributed by atoms with Crippen molar-refractivity contribution in [2.45, 2.75) is 13.3 Å². The van der Waals surface area contributed by atoms with Crippen molar-refractivity contribution in [3.63, 3.8) is 0 Å². The van der Waals surface area contributed by atoms with E-state index in [4.69, 9.17) is 4.52 Å². The molecule has 6 nitrogen and oxygen atoms in total. The Bertz CT molecular complexity index is 308. The van der Waals surface area contributed by atoms with E-state index in [0.717, 1.165) is 0 Å². The van der Waals surface area contributed by atoms with Crippen LogP contribution in [0.25, 0.3) is 0 Å². The van der Waals surface area contributed by atoms with Crippen LogP contribution in [0.5, 0.6) is 0 Å². The fourth-order valence-electron chi connectivity index (χ4n) is 0.869. The van der Waals surface area contributed by atoms with E-state index >= 15 is 0 Å². The zero-order valence-electron chi connectivity index (χ0n) is 8.57. The van der Waals surface area contributed by atoms with E-state index in [2.05, 4.69) is 15.5 Å². The number of anilines is 1. The molecule has 0 spiro atoms. The van der Waals surface area contributed by atoms with Gasteiger partial charge in [-0.15, -0.1) is 0 Å². The lowest BCUT2D eigenvalue weighted by Gasteiger charge is -2.09. The van der Waals surface area contributed by atoms with Crippen molar-refractivity contribution in [3.8, 4) is 0 Å². The molecule has 1 aromatic heterocycles. The molecular weight excluding hydrogens is 184 g/mol. The van der Waals surface area contributed by atoms with Gasteiger partial charge >= 0.3 is 6.01 Å². The van der Waals surface area contributed by atoms with Gasteiger partial charge < -0.3 is 14.7 Å².